The molecule has 0 aromatic heterocycles. The molecule has 18 heavy (non-hydrogen) atoms. The quantitative estimate of drug-likeness (QED) is 0.398. The highest BCUT2D eigenvalue weighted by atomic mass is 14.3. The summed E-state index contributed by atoms with van der Waals surface area (Å²) >= 11 is 0. The second kappa shape index (κ2) is 8.34. The zero-order chi connectivity index (χ0) is 14.3. The molecule has 3 atom stereocenters. The molecule has 0 aromatic carbocycles. The standard InChI is InChI=1S/C18H32/c1-9-12-14(6)16(8)18(11-3)17(10-2)15(7)13(4)5/h9-16H,1-8H3/b12-9-,17-10+,18-11+/t14?,15-,16+/m1/s1. The van der Waals surface area contributed by atoms with Gasteiger partial charge in [-0.3, -0.25) is 0 Å². The van der Waals surface area contributed by atoms with E-state index in [1.165, 1.54) is 11.1 Å². The molecule has 0 aliphatic carbocycles. The number of hydrogen-bond donors (Lipinski definition) is 0. The van der Waals surface area contributed by atoms with E-state index in [4.69, 9.17) is 0 Å². The van der Waals surface area contributed by atoms with Crippen LogP contribution in [-0.4, -0.2) is 0 Å². The summed E-state index contributed by atoms with van der Waals surface area (Å²) in [6.45, 7) is 18.1. The molecule has 0 N–H and O–H groups in total. The predicted molar refractivity (Wildman–Crippen MR) is 84.7 cm³/mol. The maximum atomic E-state index is 2.34. The van der Waals surface area contributed by atoms with Crippen LogP contribution >= 0.6 is 0 Å². The monoisotopic (exact) mass is 248 g/mol. The molecule has 1 unspecified atom stereocenters. The van der Waals surface area contributed by atoms with Gasteiger partial charge in [-0.25, -0.2) is 0 Å². The SMILES string of the molecule is C/C=C\C(C)[C@H](C)C(=C\C)/C(=C/C)[C@H](C)C(C)C. The van der Waals surface area contributed by atoms with Gasteiger partial charge in [0.2, 0.25) is 0 Å². The van der Waals surface area contributed by atoms with Crippen LogP contribution in [0.2, 0.25) is 0 Å². The predicted octanol–water partition coefficient (Wildman–Crippen LogP) is 6.02. The van der Waals surface area contributed by atoms with Crippen LogP contribution in [0.5, 0.6) is 0 Å². The van der Waals surface area contributed by atoms with Crippen molar-refractivity contribution >= 4 is 0 Å². The minimum atomic E-state index is 0.582. The Kier molecular flexibility index (Phi) is 7.98. The average Bonchev–Trinajstić information content (AvgIpc) is 2.34. The Bertz CT molecular complexity index is 315. The van der Waals surface area contributed by atoms with Crippen LogP contribution in [0.3, 0.4) is 0 Å². The van der Waals surface area contributed by atoms with Crippen LogP contribution in [-0.2, 0) is 0 Å². The minimum absolute atomic E-state index is 0.582. The fraction of sp³-hybridized carbons (Fsp3) is 0.667. The van der Waals surface area contributed by atoms with E-state index in [0.717, 1.165) is 0 Å². The van der Waals surface area contributed by atoms with Gasteiger partial charge >= 0.3 is 0 Å². The van der Waals surface area contributed by atoms with E-state index in [2.05, 4.69) is 79.7 Å². The van der Waals surface area contributed by atoms with Gasteiger partial charge in [-0.05, 0) is 55.6 Å². The third kappa shape index (κ3) is 4.48. The van der Waals surface area contributed by atoms with Gasteiger partial charge in [0, 0.05) is 0 Å². The van der Waals surface area contributed by atoms with Gasteiger partial charge in [0.15, 0.2) is 0 Å². The van der Waals surface area contributed by atoms with Crippen molar-refractivity contribution < 1.29 is 0 Å². The second-order valence-electron chi connectivity index (χ2n) is 5.69. The second-order valence-corrected chi connectivity index (χ2v) is 5.69. The van der Waals surface area contributed by atoms with Gasteiger partial charge in [-0.15, -0.1) is 0 Å². The molecule has 0 spiro atoms. The molecule has 0 amide bonds. The number of rotatable bonds is 6. The van der Waals surface area contributed by atoms with Crippen molar-refractivity contribution in [2.45, 2.75) is 55.4 Å². The Hall–Kier alpha value is -0.780. The van der Waals surface area contributed by atoms with Crippen LogP contribution in [0.1, 0.15) is 55.4 Å². The molecular formula is C18H32. The maximum absolute atomic E-state index is 2.34. The molecule has 0 nitrogen and oxygen atoms in total. The van der Waals surface area contributed by atoms with Crippen LogP contribution < -0.4 is 0 Å². The molecule has 0 aliphatic heterocycles. The molecule has 0 saturated carbocycles. The third-order valence-corrected chi connectivity index (χ3v) is 4.22. The fourth-order valence-electron chi connectivity index (χ4n) is 2.50. The summed E-state index contributed by atoms with van der Waals surface area (Å²) in [6, 6.07) is 0. The first-order valence-corrected chi connectivity index (χ1v) is 7.36. The molecule has 0 fully saturated rings. The molecule has 104 valence electrons. The van der Waals surface area contributed by atoms with Gasteiger partial charge in [-0.1, -0.05) is 58.9 Å². The number of hydrogen-bond acceptors (Lipinski definition) is 0. The van der Waals surface area contributed by atoms with Crippen molar-refractivity contribution in [1.29, 1.82) is 0 Å². The van der Waals surface area contributed by atoms with Gasteiger partial charge in [-0.2, -0.15) is 0 Å². The molecule has 0 saturated heterocycles. The average molecular weight is 248 g/mol. The minimum Gasteiger partial charge on any atom is -0.0914 e. The zero-order valence-electron chi connectivity index (χ0n) is 13.6. The van der Waals surface area contributed by atoms with Gasteiger partial charge < -0.3 is 0 Å². The van der Waals surface area contributed by atoms with E-state index in [1.807, 2.05) is 0 Å². The van der Waals surface area contributed by atoms with Crippen molar-refractivity contribution in [3.8, 4) is 0 Å². The van der Waals surface area contributed by atoms with Crippen molar-refractivity contribution in [1.82, 2.24) is 0 Å². The Morgan fingerprint density at radius 1 is 0.722 bits per heavy atom. The van der Waals surface area contributed by atoms with Gasteiger partial charge in [0.05, 0.1) is 0 Å². The van der Waals surface area contributed by atoms with E-state index in [-0.39, 0.29) is 0 Å². The smallest absolute Gasteiger partial charge is 0.0131 e. The Morgan fingerprint density at radius 2 is 1.17 bits per heavy atom. The lowest BCUT2D eigenvalue weighted by atomic mass is 9.77. The summed E-state index contributed by atoms with van der Waals surface area (Å²) in [4.78, 5) is 0. The van der Waals surface area contributed by atoms with E-state index in [9.17, 15) is 0 Å². The number of allylic oxidation sites excluding steroid dienone is 6. The van der Waals surface area contributed by atoms with E-state index >= 15 is 0 Å². The molecule has 0 radical (unpaired) electrons. The van der Waals surface area contributed by atoms with E-state index in [1.54, 1.807) is 0 Å². The largest absolute Gasteiger partial charge is 0.0914 e. The summed E-state index contributed by atoms with van der Waals surface area (Å²) in [5.74, 6) is 2.49. The maximum Gasteiger partial charge on any atom is -0.0131 e. The molecule has 0 aromatic rings. The summed E-state index contributed by atoms with van der Waals surface area (Å²) in [5, 5.41) is 0. The summed E-state index contributed by atoms with van der Waals surface area (Å²) < 4.78 is 0. The van der Waals surface area contributed by atoms with Gasteiger partial charge in [0.1, 0.15) is 0 Å². The first kappa shape index (κ1) is 17.2. The molecule has 0 heterocycles. The normalized spacial score (nSPS) is 19.4. The van der Waals surface area contributed by atoms with E-state index in [0.29, 0.717) is 23.7 Å². The Balaban J connectivity index is 5.20. The molecule has 0 heteroatoms. The van der Waals surface area contributed by atoms with Crippen molar-refractivity contribution in [2.75, 3.05) is 0 Å². The van der Waals surface area contributed by atoms with Crippen molar-refractivity contribution in [2.24, 2.45) is 23.7 Å². The first-order valence-electron chi connectivity index (χ1n) is 7.36. The highest BCUT2D eigenvalue weighted by molar-refractivity contribution is 5.34. The lowest BCUT2D eigenvalue weighted by molar-refractivity contribution is 0.457. The Morgan fingerprint density at radius 3 is 1.50 bits per heavy atom. The van der Waals surface area contributed by atoms with Crippen LogP contribution in [0.25, 0.3) is 0 Å². The van der Waals surface area contributed by atoms with Gasteiger partial charge in [0.25, 0.3) is 0 Å². The fourth-order valence-corrected chi connectivity index (χ4v) is 2.50. The third-order valence-electron chi connectivity index (χ3n) is 4.22. The highest BCUT2D eigenvalue weighted by Crippen LogP contribution is 2.34. The van der Waals surface area contributed by atoms with Crippen LogP contribution in [0.15, 0.2) is 35.5 Å². The molecule has 0 bridgehead atoms. The first-order chi connectivity index (χ1) is 8.40. The summed E-state index contributed by atoms with van der Waals surface area (Å²) in [5.41, 5.74) is 3.04. The van der Waals surface area contributed by atoms with Crippen molar-refractivity contribution in [3.63, 3.8) is 0 Å². The lowest BCUT2D eigenvalue weighted by Crippen LogP contribution is -2.16. The summed E-state index contributed by atoms with van der Waals surface area (Å²) in [7, 11) is 0. The summed E-state index contributed by atoms with van der Waals surface area (Å²) in [6.07, 6.45) is 9.08. The van der Waals surface area contributed by atoms with E-state index < -0.39 is 0 Å². The lowest BCUT2D eigenvalue weighted by Gasteiger charge is -2.28. The Labute approximate surface area is 115 Å². The molecular weight excluding hydrogens is 216 g/mol. The molecule has 0 aliphatic rings. The topological polar surface area (TPSA) is 0 Å². The highest BCUT2D eigenvalue weighted by Gasteiger charge is 2.21. The van der Waals surface area contributed by atoms with Crippen LogP contribution in [0.4, 0.5) is 0 Å². The van der Waals surface area contributed by atoms with Crippen molar-refractivity contribution in [3.05, 3.63) is 35.5 Å². The zero-order valence-corrected chi connectivity index (χ0v) is 13.6. The molecule has 0 rings (SSSR count). The van der Waals surface area contributed by atoms with Crippen LogP contribution in [0, 0.1) is 23.7 Å².